The van der Waals surface area contributed by atoms with E-state index in [-0.39, 0.29) is 17.2 Å². The maximum absolute atomic E-state index is 12.7. The Balaban J connectivity index is 0.00000127. The van der Waals surface area contributed by atoms with Gasteiger partial charge in [0.25, 0.3) is 0 Å². The predicted octanol–water partition coefficient (Wildman–Crippen LogP) is 3.08. The molecule has 6 heteroatoms. The lowest BCUT2D eigenvalue weighted by atomic mass is 9.91. The molecule has 0 bridgehead atoms. The number of nitrogens with one attached hydrogen (secondary N) is 1. The van der Waals surface area contributed by atoms with Gasteiger partial charge >= 0.3 is 5.97 Å². The van der Waals surface area contributed by atoms with E-state index in [9.17, 15) is 9.59 Å². The lowest BCUT2D eigenvalue weighted by Gasteiger charge is -2.12. The van der Waals surface area contributed by atoms with Gasteiger partial charge in [-0.2, -0.15) is 10.3 Å². The van der Waals surface area contributed by atoms with Crippen LogP contribution >= 0.6 is 0 Å². The number of carbonyl (C=O) groups is 2. The van der Waals surface area contributed by atoms with Crippen molar-refractivity contribution in [3.05, 3.63) is 45.3 Å². The molecule has 0 saturated heterocycles. The number of ether oxygens (including phenoxy) is 1. The van der Waals surface area contributed by atoms with Crippen molar-refractivity contribution in [3.8, 4) is 0 Å². The van der Waals surface area contributed by atoms with Crippen LogP contribution in [0.2, 0.25) is 0 Å². The molecule has 1 aromatic heterocycles. The van der Waals surface area contributed by atoms with Crippen LogP contribution in [-0.2, 0) is 4.74 Å². The molecular weight excluding hydrogens is 294 g/mol. The van der Waals surface area contributed by atoms with Crippen molar-refractivity contribution in [1.82, 2.24) is 15.4 Å². The lowest BCUT2D eigenvalue weighted by molar-refractivity contribution is 0.0590. The highest BCUT2D eigenvalue weighted by Gasteiger charge is 2.25. The molecule has 1 heterocycles. The third-order valence-electron chi connectivity index (χ3n) is 3.87. The molecule has 6 nitrogen and oxygen atoms in total. The van der Waals surface area contributed by atoms with Gasteiger partial charge in [-0.1, -0.05) is 13.8 Å². The first-order valence-electron chi connectivity index (χ1n) is 7.49. The van der Waals surface area contributed by atoms with E-state index in [4.69, 9.17) is 0 Å². The maximum atomic E-state index is 12.7. The fraction of sp³-hybridized carbons (Fsp3) is 0.412. The Morgan fingerprint density at radius 3 is 2.09 bits per heavy atom. The minimum atomic E-state index is -0.690. The molecule has 0 fully saturated rings. The van der Waals surface area contributed by atoms with Crippen LogP contribution in [0.1, 0.15) is 62.6 Å². The highest BCUT2D eigenvalue weighted by molar-refractivity contribution is 6.13. The average molecular weight is 317 g/mol. The second-order valence-electron chi connectivity index (χ2n) is 4.96. The Morgan fingerprint density at radius 2 is 1.52 bits per heavy atom. The van der Waals surface area contributed by atoms with Gasteiger partial charge < -0.3 is 4.74 Å². The van der Waals surface area contributed by atoms with Crippen molar-refractivity contribution >= 4 is 11.8 Å². The van der Waals surface area contributed by atoms with Gasteiger partial charge in [-0.3, -0.25) is 4.79 Å². The first-order valence-corrected chi connectivity index (χ1v) is 7.49. The Hall–Kier alpha value is -2.50. The number of hydrogen-bond acceptors (Lipinski definition) is 5. The summed E-state index contributed by atoms with van der Waals surface area (Å²) in [6.07, 6.45) is 0. The number of H-pyrrole nitrogens is 1. The zero-order valence-electron chi connectivity index (χ0n) is 14.7. The monoisotopic (exact) mass is 317 g/mol. The van der Waals surface area contributed by atoms with Crippen LogP contribution in [0, 0.1) is 27.7 Å². The van der Waals surface area contributed by atoms with Crippen molar-refractivity contribution in [2.75, 3.05) is 7.11 Å². The van der Waals surface area contributed by atoms with E-state index in [0.29, 0.717) is 5.56 Å². The van der Waals surface area contributed by atoms with Gasteiger partial charge in [0.05, 0.1) is 7.11 Å². The summed E-state index contributed by atoms with van der Waals surface area (Å²) >= 11 is 0. The zero-order valence-corrected chi connectivity index (χ0v) is 14.7. The number of carbonyl (C=O) groups excluding carboxylic acids is 2. The number of hydrogen-bond donors (Lipinski definition) is 1. The van der Waals surface area contributed by atoms with Crippen molar-refractivity contribution in [2.24, 2.45) is 0 Å². The molecule has 0 atom stereocenters. The third kappa shape index (κ3) is 3.47. The molecule has 0 unspecified atom stereocenters. The van der Waals surface area contributed by atoms with E-state index in [2.05, 4.69) is 20.1 Å². The molecule has 0 spiro atoms. The molecule has 23 heavy (non-hydrogen) atoms. The molecule has 0 radical (unpaired) electrons. The molecule has 0 amide bonds. The molecule has 0 aliphatic heterocycles. The summed E-state index contributed by atoms with van der Waals surface area (Å²) < 4.78 is 4.60. The van der Waals surface area contributed by atoms with Crippen LogP contribution in [0.15, 0.2) is 6.07 Å². The molecular formula is C17H23N3O3. The maximum Gasteiger partial charge on any atom is 0.361 e. The number of aromatic amines is 1. The molecule has 0 aliphatic rings. The second kappa shape index (κ2) is 7.67. The first kappa shape index (κ1) is 18.5. The molecule has 2 aromatic rings. The molecule has 1 N–H and O–H groups in total. The van der Waals surface area contributed by atoms with Gasteiger partial charge in [-0.05, 0) is 56.0 Å². The zero-order chi connectivity index (χ0) is 17.7. The number of nitrogens with zero attached hydrogens (tertiary/aromatic N) is 2. The van der Waals surface area contributed by atoms with Crippen molar-refractivity contribution < 1.29 is 14.3 Å². The van der Waals surface area contributed by atoms with E-state index in [1.54, 1.807) is 0 Å². The van der Waals surface area contributed by atoms with Crippen LogP contribution in [0.25, 0.3) is 0 Å². The summed E-state index contributed by atoms with van der Waals surface area (Å²) in [5.41, 5.74) is 4.50. The van der Waals surface area contributed by atoms with E-state index in [1.807, 2.05) is 47.6 Å². The average Bonchev–Trinajstić information content (AvgIpc) is 3.06. The van der Waals surface area contributed by atoms with Crippen LogP contribution in [0.3, 0.4) is 0 Å². The molecule has 0 saturated carbocycles. The van der Waals surface area contributed by atoms with E-state index >= 15 is 0 Å². The topological polar surface area (TPSA) is 84.9 Å². The van der Waals surface area contributed by atoms with Gasteiger partial charge in [0.2, 0.25) is 11.5 Å². The van der Waals surface area contributed by atoms with Crippen LogP contribution < -0.4 is 0 Å². The Bertz CT molecular complexity index is 733. The van der Waals surface area contributed by atoms with E-state index in [0.717, 1.165) is 22.3 Å². The number of aromatic nitrogens is 3. The number of methoxy groups -OCH3 is 1. The van der Waals surface area contributed by atoms with E-state index < -0.39 is 5.97 Å². The lowest BCUT2D eigenvalue weighted by Crippen LogP contribution is -2.13. The van der Waals surface area contributed by atoms with Crippen LogP contribution in [0.4, 0.5) is 0 Å². The SMILES string of the molecule is CC.COC(=O)c1n[nH]nc1C(=O)c1cc(C)c(C)c(C)c1C. The Kier molecular flexibility index (Phi) is 6.18. The third-order valence-corrected chi connectivity index (χ3v) is 3.87. The number of rotatable bonds is 3. The largest absolute Gasteiger partial charge is 0.464 e. The van der Waals surface area contributed by atoms with Gasteiger partial charge in [0.15, 0.2) is 5.69 Å². The number of esters is 1. The summed E-state index contributed by atoms with van der Waals surface area (Å²) in [6.45, 7) is 11.8. The smallest absolute Gasteiger partial charge is 0.361 e. The van der Waals surface area contributed by atoms with Gasteiger partial charge in [0, 0.05) is 5.56 Å². The minimum Gasteiger partial charge on any atom is -0.464 e. The fourth-order valence-corrected chi connectivity index (χ4v) is 2.20. The fourth-order valence-electron chi connectivity index (χ4n) is 2.20. The van der Waals surface area contributed by atoms with Gasteiger partial charge in [-0.15, -0.1) is 5.10 Å². The summed E-state index contributed by atoms with van der Waals surface area (Å²) in [5.74, 6) is -1.03. The number of benzene rings is 1. The summed E-state index contributed by atoms with van der Waals surface area (Å²) in [4.78, 5) is 24.3. The standard InChI is InChI=1S/C15H17N3O3.C2H6/c1-7-6-11(10(4)9(3)8(7)2)14(19)12-13(15(20)21-5)17-18-16-12;1-2/h6H,1-5H3,(H,16,17,18);1-2H3. The number of ketones is 1. The normalized spacial score (nSPS) is 9.87. The molecule has 1 aromatic carbocycles. The summed E-state index contributed by atoms with van der Waals surface area (Å²) in [6, 6.07) is 1.82. The second-order valence-corrected chi connectivity index (χ2v) is 4.96. The van der Waals surface area contributed by atoms with Gasteiger partial charge in [0.1, 0.15) is 0 Å². The predicted molar refractivity (Wildman–Crippen MR) is 87.9 cm³/mol. The van der Waals surface area contributed by atoms with Crippen molar-refractivity contribution in [3.63, 3.8) is 0 Å². The van der Waals surface area contributed by atoms with Crippen LogP contribution in [-0.4, -0.2) is 34.3 Å². The number of aryl methyl sites for hydroxylation is 1. The minimum absolute atomic E-state index is 0.0207. The van der Waals surface area contributed by atoms with Crippen molar-refractivity contribution in [2.45, 2.75) is 41.5 Å². The van der Waals surface area contributed by atoms with Crippen molar-refractivity contribution in [1.29, 1.82) is 0 Å². The Morgan fingerprint density at radius 1 is 0.957 bits per heavy atom. The summed E-state index contributed by atoms with van der Waals surface area (Å²) in [5, 5.41) is 9.79. The molecule has 0 aliphatic carbocycles. The highest BCUT2D eigenvalue weighted by atomic mass is 16.5. The first-order chi connectivity index (χ1) is 10.9. The van der Waals surface area contributed by atoms with Gasteiger partial charge in [-0.25, -0.2) is 4.79 Å². The Labute approximate surface area is 136 Å². The molecule has 2 rings (SSSR count). The van der Waals surface area contributed by atoms with E-state index in [1.165, 1.54) is 7.11 Å². The molecule has 124 valence electrons. The quantitative estimate of drug-likeness (QED) is 0.694. The van der Waals surface area contributed by atoms with Crippen LogP contribution in [0.5, 0.6) is 0 Å². The highest BCUT2D eigenvalue weighted by Crippen LogP contribution is 2.23. The summed E-state index contributed by atoms with van der Waals surface area (Å²) in [7, 11) is 1.23.